The smallest absolute Gasteiger partial charge is 0.329 e. The third-order valence-electron chi connectivity index (χ3n) is 3.20. The van der Waals surface area contributed by atoms with E-state index in [0.717, 1.165) is 0 Å². The zero-order valence-electron chi connectivity index (χ0n) is 13.5. The van der Waals surface area contributed by atoms with Crippen molar-refractivity contribution in [2.45, 2.75) is 10.9 Å². The molecular formula is C16H17N3O5S2. The summed E-state index contributed by atoms with van der Waals surface area (Å²) >= 11 is 5.08. The number of carboxylic acid groups (broad SMARTS) is 1. The number of para-hydroxylation sites is 1. The third kappa shape index (κ3) is 5.99. The lowest BCUT2D eigenvalue weighted by molar-refractivity contribution is -0.139. The molecule has 0 spiro atoms. The zero-order valence-corrected chi connectivity index (χ0v) is 15.1. The highest BCUT2D eigenvalue weighted by Crippen LogP contribution is 2.13. The first-order valence-electron chi connectivity index (χ1n) is 7.37. The van der Waals surface area contributed by atoms with Gasteiger partial charge < -0.3 is 20.5 Å². The van der Waals surface area contributed by atoms with Crippen molar-refractivity contribution in [2.24, 2.45) is 5.14 Å². The second-order valence-corrected chi connectivity index (χ2v) is 7.15. The average molecular weight is 395 g/mol. The number of aliphatic carboxylic acids is 1. The average Bonchev–Trinajstić information content (AvgIpc) is 2.59. The number of nitrogens with one attached hydrogen (secondary N) is 2. The van der Waals surface area contributed by atoms with Crippen molar-refractivity contribution in [2.75, 3.05) is 11.9 Å². The van der Waals surface area contributed by atoms with Crippen LogP contribution in [-0.2, 0) is 14.8 Å². The lowest BCUT2D eigenvalue weighted by Gasteiger charge is -2.18. The van der Waals surface area contributed by atoms with E-state index in [-0.39, 0.29) is 16.6 Å². The molecule has 0 aliphatic rings. The van der Waals surface area contributed by atoms with Crippen LogP contribution < -0.4 is 20.5 Å². The Bertz CT molecular complexity index is 871. The lowest BCUT2D eigenvalue weighted by atomic mass is 10.3. The summed E-state index contributed by atoms with van der Waals surface area (Å²) in [6, 6.07) is 13.3. The Kier molecular flexibility index (Phi) is 6.50. The minimum Gasteiger partial charge on any atom is -0.491 e. The van der Waals surface area contributed by atoms with Crippen LogP contribution in [0.1, 0.15) is 0 Å². The normalized spacial score (nSPS) is 12.0. The number of anilines is 1. The highest BCUT2D eigenvalue weighted by molar-refractivity contribution is 7.89. The van der Waals surface area contributed by atoms with Crippen LogP contribution in [0.2, 0.25) is 0 Å². The van der Waals surface area contributed by atoms with Gasteiger partial charge in [-0.2, -0.15) is 0 Å². The summed E-state index contributed by atoms with van der Waals surface area (Å²) < 4.78 is 27.9. The molecule has 0 amide bonds. The van der Waals surface area contributed by atoms with E-state index in [1.165, 1.54) is 24.3 Å². The Hall–Kier alpha value is -2.69. The number of hydrogen-bond donors (Lipinski definition) is 4. The summed E-state index contributed by atoms with van der Waals surface area (Å²) in [5.74, 6) is -0.590. The lowest BCUT2D eigenvalue weighted by Crippen LogP contribution is -2.46. The molecule has 0 aliphatic carbocycles. The predicted molar refractivity (Wildman–Crippen MR) is 101 cm³/mol. The van der Waals surface area contributed by atoms with Gasteiger partial charge >= 0.3 is 5.97 Å². The summed E-state index contributed by atoms with van der Waals surface area (Å²) in [4.78, 5) is 11.3. The molecule has 2 aromatic carbocycles. The molecule has 8 nitrogen and oxygen atoms in total. The van der Waals surface area contributed by atoms with Crippen LogP contribution in [0, 0.1) is 0 Å². The molecule has 0 saturated carbocycles. The number of primary sulfonamides is 1. The van der Waals surface area contributed by atoms with Gasteiger partial charge in [-0.25, -0.2) is 18.4 Å². The first kappa shape index (κ1) is 19.6. The second-order valence-electron chi connectivity index (χ2n) is 5.18. The Morgan fingerprint density at radius 3 is 2.31 bits per heavy atom. The fourth-order valence-electron chi connectivity index (χ4n) is 1.92. The molecule has 0 aromatic heterocycles. The third-order valence-corrected chi connectivity index (χ3v) is 4.35. The standard InChI is InChI=1S/C16H17N3O5S2/c17-26(22,23)13-8-6-11(7-9-13)18-16(25)19-14(15(20)21)10-24-12-4-2-1-3-5-12/h1-9,14H,10H2,(H,20,21)(H2,17,22,23)(H2,18,19,25)/t14-/m0/s1. The second kappa shape index (κ2) is 8.61. The molecule has 138 valence electrons. The van der Waals surface area contributed by atoms with Crippen molar-refractivity contribution >= 4 is 39.0 Å². The van der Waals surface area contributed by atoms with E-state index in [9.17, 15) is 18.3 Å². The number of sulfonamides is 1. The Balaban J connectivity index is 1.94. The number of ether oxygens (including phenoxy) is 1. The highest BCUT2D eigenvalue weighted by atomic mass is 32.2. The molecule has 2 aromatic rings. The van der Waals surface area contributed by atoms with Gasteiger partial charge in [-0.05, 0) is 48.6 Å². The first-order chi connectivity index (χ1) is 12.3. The van der Waals surface area contributed by atoms with Crippen LogP contribution in [0.4, 0.5) is 5.69 Å². The minimum absolute atomic E-state index is 0.0402. The summed E-state index contributed by atoms with van der Waals surface area (Å²) in [6.07, 6.45) is 0. The van der Waals surface area contributed by atoms with Crippen molar-refractivity contribution in [3.63, 3.8) is 0 Å². The van der Waals surface area contributed by atoms with E-state index >= 15 is 0 Å². The van der Waals surface area contributed by atoms with Crippen LogP contribution in [0.25, 0.3) is 0 Å². The van der Waals surface area contributed by atoms with Crippen molar-refractivity contribution in [1.29, 1.82) is 0 Å². The van der Waals surface area contributed by atoms with Crippen LogP contribution in [0.5, 0.6) is 5.75 Å². The van der Waals surface area contributed by atoms with Gasteiger partial charge in [0.25, 0.3) is 0 Å². The summed E-state index contributed by atoms with van der Waals surface area (Å²) in [7, 11) is -3.78. The van der Waals surface area contributed by atoms with Gasteiger partial charge in [-0.3, -0.25) is 0 Å². The predicted octanol–water partition coefficient (Wildman–Crippen LogP) is 1.15. The quantitative estimate of drug-likeness (QED) is 0.514. The highest BCUT2D eigenvalue weighted by Gasteiger charge is 2.19. The van der Waals surface area contributed by atoms with Crippen molar-refractivity contribution in [3.8, 4) is 5.75 Å². The number of carboxylic acids is 1. The largest absolute Gasteiger partial charge is 0.491 e. The fraction of sp³-hybridized carbons (Fsp3) is 0.125. The van der Waals surface area contributed by atoms with Crippen LogP contribution in [0.3, 0.4) is 0 Å². The van der Waals surface area contributed by atoms with E-state index in [0.29, 0.717) is 11.4 Å². The van der Waals surface area contributed by atoms with Crippen LogP contribution in [0.15, 0.2) is 59.5 Å². The molecule has 26 heavy (non-hydrogen) atoms. The van der Waals surface area contributed by atoms with Gasteiger partial charge in [-0.15, -0.1) is 0 Å². The molecular weight excluding hydrogens is 378 g/mol. The Morgan fingerprint density at radius 2 is 1.77 bits per heavy atom. The maximum Gasteiger partial charge on any atom is 0.329 e. The SMILES string of the molecule is NS(=O)(=O)c1ccc(NC(=S)N[C@@H](COc2ccccc2)C(=O)O)cc1. The molecule has 10 heteroatoms. The minimum atomic E-state index is -3.78. The van der Waals surface area contributed by atoms with Gasteiger partial charge in [0.15, 0.2) is 11.2 Å². The van der Waals surface area contributed by atoms with Gasteiger partial charge in [0.05, 0.1) is 4.90 Å². The van der Waals surface area contributed by atoms with E-state index in [4.69, 9.17) is 22.1 Å². The zero-order chi connectivity index (χ0) is 19.2. The molecule has 1 atom stereocenters. The van der Waals surface area contributed by atoms with E-state index in [1.807, 2.05) is 6.07 Å². The number of benzene rings is 2. The van der Waals surface area contributed by atoms with E-state index in [2.05, 4.69) is 10.6 Å². The maximum atomic E-state index is 11.4. The number of rotatable bonds is 7. The van der Waals surface area contributed by atoms with Gasteiger partial charge in [-0.1, -0.05) is 18.2 Å². The van der Waals surface area contributed by atoms with Crippen molar-refractivity contribution in [3.05, 3.63) is 54.6 Å². The number of nitrogens with two attached hydrogens (primary N) is 1. The number of thiocarbonyl (C=S) groups is 1. The van der Waals surface area contributed by atoms with Gasteiger partial charge in [0.2, 0.25) is 10.0 Å². The van der Waals surface area contributed by atoms with Crippen LogP contribution >= 0.6 is 12.2 Å². The molecule has 0 aliphatic heterocycles. The summed E-state index contributed by atoms with van der Waals surface area (Å²) in [5, 5.41) is 19.8. The maximum absolute atomic E-state index is 11.4. The number of carbonyl (C=O) groups is 1. The van der Waals surface area contributed by atoms with E-state index < -0.39 is 22.0 Å². The molecule has 2 rings (SSSR count). The number of hydrogen-bond acceptors (Lipinski definition) is 5. The molecule has 0 unspecified atom stereocenters. The van der Waals surface area contributed by atoms with Crippen molar-refractivity contribution < 1.29 is 23.1 Å². The van der Waals surface area contributed by atoms with E-state index in [1.54, 1.807) is 24.3 Å². The molecule has 0 radical (unpaired) electrons. The summed E-state index contributed by atoms with van der Waals surface area (Å²) in [6.45, 7) is -0.133. The van der Waals surface area contributed by atoms with Gasteiger partial charge in [0, 0.05) is 5.69 Å². The molecule has 0 fully saturated rings. The molecule has 0 saturated heterocycles. The first-order valence-corrected chi connectivity index (χ1v) is 9.32. The van der Waals surface area contributed by atoms with Gasteiger partial charge in [0.1, 0.15) is 12.4 Å². The van der Waals surface area contributed by atoms with Crippen molar-refractivity contribution in [1.82, 2.24) is 5.32 Å². The molecule has 5 N–H and O–H groups in total. The molecule has 0 bridgehead atoms. The Morgan fingerprint density at radius 1 is 1.15 bits per heavy atom. The molecule has 0 heterocycles. The monoisotopic (exact) mass is 395 g/mol. The fourth-order valence-corrected chi connectivity index (χ4v) is 2.70. The Labute approximate surface area is 156 Å². The topological polar surface area (TPSA) is 131 Å². The van der Waals surface area contributed by atoms with Crippen LogP contribution in [-0.4, -0.2) is 37.3 Å². The summed E-state index contributed by atoms with van der Waals surface area (Å²) in [5.41, 5.74) is 0.475.